The third-order valence-electron chi connectivity index (χ3n) is 1.41. The summed E-state index contributed by atoms with van der Waals surface area (Å²) in [6.45, 7) is 0. The van der Waals surface area contributed by atoms with E-state index in [0.29, 0.717) is 0 Å². The monoisotopic (exact) mass is 219 g/mol. The third kappa shape index (κ3) is 2.25. The van der Waals surface area contributed by atoms with E-state index in [1.165, 1.54) is 0 Å². The fourth-order valence-corrected chi connectivity index (χ4v) is 1.16. The zero-order valence-corrected chi connectivity index (χ0v) is 7.91. The van der Waals surface area contributed by atoms with Gasteiger partial charge in [0.05, 0.1) is 7.11 Å². The van der Waals surface area contributed by atoms with Crippen LogP contribution in [-0.2, 0) is 15.0 Å². The summed E-state index contributed by atoms with van der Waals surface area (Å²) in [5.41, 5.74) is -0.0834. The highest BCUT2D eigenvalue weighted by molar-refractivity contribution is 7.86. The van der Waals surface area contributed by atoms with Crippen molar-refractivity contribution < 1.29 is 21.8 Å². The van der Waals surface area contributed by atoms with Gasteiger partial charge < -0.3 is 4.74 Å². The van der Waals surface area contributed by atoms with Crippen molar-refractivity contribution >= 4 is 16.2 Å². The Bertz CT molecular complexity index is 439. The second kappa shape index (κ2) is 3.70. The number of rotatable bonds is 2. The quantitative estimate of drug-likeness (QED) is 0.535. The lowest BCUT2D eigenvalue weighted by atomic mass is 10.3. The van der Waals surface area contributed by atoms with Crippen LogP contribution < -0.4 is 0 Å². The second-order valence-electron chi connectivity index (χ2n) is 2.31. The van der Waals surface area contributed by atoms with Gasteiger partial charge in [-0.15, -0.1) is 3.89 Å². The van der Waals surface area contributed by atoms with Crippen LogP contribution in [0.2, 0.25) is 0 Å². The average molecular weight is 219 g/mol. The second-order valence-corrected chi connectivity index (χ2v) is 3.66. The van der Waals surface area contributed by atoms with Crippen LogP contribution in [0, 0.1) is 0 Å². The Kier molecular flexibility index (Phi) is 2.80. The van der Waals surface area contributed by atoms with Crippen molar-refractivity contribution in [3.05, 3.63) is 24.0 Å². The summed E-state index contributed by atoms with van der Waals surface area (Å²) in [7, 11) is -3.61. The number of hydrogen-bond donors (Lipinski definition) is 0. The maximum atomic E-state index is 12.4. The lowest BCUT2D eigenvalue weighted by molar-refractivity contribution is 0.0594. The van der Waals surface area contributed by atoms with Crippen LogP contribution in [-0.4, -0.2) is 26.5 Å². The van der Waals surface area contributed by atoms with E-state index in [1.54, 1.807) is 0 Å². The smallest absolute Gasteiger partial charge is 0.356 e. The first-order chi connectivity index (χ1) is 6.45. The molecule has 14 heavy (non-hydrogen) atoms. The molecular weight excluding hydrogens is 213 g/mol. The van der Waals surface area contributed by atoms with Gasteiger partial charge in [-0.2, -0.15) is 8.42 Å². The number of methoxy groups -OCH3 is 1. The largest absolute Gasteiger partial charge is 0.464 e. The van der Waals surface area contributed by atoms with E-state index < -0.39 is 21.1 Å². The summed E-state index contributed by atoms with van der Waals surface area (Å²) in [4.78, 5) is 13.7. The lowest BCUT2D eigenvalue weighted by Gasteiger charge is -1.98. The number of hydrogen-bond acceptors (Lipinski definition) is 5. The zero-order chi connectivity index (χ0) is 10.8. The number of carbonyl (C=O) groups is 1. The van der Waals surface area contributed by atoms with Crippen LogP contribution in [0.15, 0.2) is 23.2 Å². The van der Waals surface area contributed by atoms with Crippen LogP contribution in [0.25, 0.3) is 0 Å². The normalized spacial score (nSPS) is 11.0. The lowest BCUT2D eigenvalue weighted by Crippen LogP contribution is -2.04. The highest BCUT2D eigenvalue weighted by atomic mass is 32.3. The standard InChI is InChI=1S/C7H6FNO4S/c1-13-7(10)6-3-2-5(4-9-6)14(8,11)12/h2-4H,1H3. The van der Waals surface area contributed by atoms with Gasteiger partial charge in [-0.25, -0.2) is 9.78 Å². The van der Waals surface area contributed by atoms with Gasteiger partial charge in [0.15, 0.2) is 0 Å². The van der Waals surface area contributed by atoms with Gasteiger partial charge >= 0.3 is 16.2 Å². The molecule has 5 nitrogen and oxygen atoms in total. The van der Waals surface area contributed by atoms with E-state index in [9.17, 15) is 17.1 Å². The molecule has 0 unspecified atom stereocenters. The summed E-state index contributed by atoms with van der Waals surface area (Å²) >= 11 is 0. The summed E-state index contributed by atoms with van der Waals surface area (Å²) < 4.78 is 37.4. The van der Waals surface area contributed by atoms with E-state index in [4.69, 9.17) is 0 Å². The van der Waals surface area contributed by atoms with Crippen LogP contribution >= 0.6 is 0 Å². The highest BCUT2D eigenvalue weighted by Gasteiger charge is 2.14. The van der Waals surface area contributed by atoms with E-state index in [2.05, 4.69) is 9.72 Å². The Labute approximate surface area is 79.7 Å². The Morgan fingerprint density at radius 1 is 1.50 bits per heavy atom. The molecule has 0 aliphatic carbocycles. The van der Waals surface area contributed by atoms with Crippen molar-refractivity contribution in [1.82, 2.24) is 4.98 Å². The summed E-state index contributed by atoms with van der Waals surface area (Å²) in [5, 5.41) is 0. The fraction of sp³-hybridized carbons (Fsp3) is 0.143. The first-order valence-electron chi connectivity index (χ1n) is 3.44. The molecule has 0 radical (unpaired) electrons. The molecule has 1 rings (SSSR count). The SMILES string of the molecule is COC(=O)c1ccc(S(=O)(=O)F)cn1. The molecule has 0 atom stereocenters. The molecule has 0 saturated heterocycles. The molecule has 0 amide bonds. The Balaban J connectivity index is 3.07. The molecule has 0 bridgehead atoms. The molecule has 0 aliphatic heterocycles. The van der Waals surface area contributed by atoms with Crippen LogP contribution in [0.4, 0.5) is 3.89 Å². The molecule has 0 fully saturated rings. The Morgan fingerprint density at radius 3 is 2.50 bits per heavy atom. The van der Waals surface area contributed by atoms with Gasteiger partial charge in [-0.1, -0.05) is 0 Å². The molecule has 76 valence electrons. The number of carbonyl (C=O) groups excluding carboxylic acids is 1. The van der Waals surface area contributed by atoms with Crippen LogP contribution in [0.1, 0.15) is 10.5 Å². The summed E-state index contributed by atoms with van der Waals surface area (Å²) in [6, 6.07) is 2.01. The van der Waals surface area contributed by atoms with Gasteiger partial charge in [0.25, 0.3) is 0 Å². The molecule has 1 aromatic rings. The molecule has 1 aromatic heterocycles. The number of esters is 1. The topological polar surface area (TPSA) is 73.3 Å². The predicted molar refractivity (Wildman–Crippen MR) is 43.9 cm³/mol. The average Bonchev–Trinajstić information content (AvgIpc) is 2.15. The zero-order valence-electron chi connectivity index (χ0n) is 7.10. The van der Waals surface area contributed by atoms with Gasteiger partial charge in [0, 0.05) is 6.20 Å². The molecule has 7 heteroatoms. The van der Waals surface area contributed by atoms with E-state index in [-0.39, 0.29) is 5.69 Å². The predicted octanol–water partition coefficient (Wildman–Crippen LogP) is 0.526. The molecular formula is C7H6FNO4S. The Morgan fingerprint density at radius 2 is 2.14 bits per heavy atom. The van der Waals surface area contributed by atoms with Gasteiger partial charge in [-0.3, -0.25) is 0 Å². The van der Waals surface area contributed by atoms with Crippen LogP contribution in [0.5, 0.6) is 0 Å². The van der Waals surface area contributed by atoms with Crippen LogP contribution in [0.3, 0.4) is 0 Å². The van der Waals surface area contributed by atoms with Gasteiger partial charge in [-0.05, 0) is 12.1 Å². The first kappa shape index (κ1) is 10.6. The maximum Gasteiger partial charge on any atom is 0.356 e. The minimum Gasteiger partial charge on any atom is -0.464 e. The number of pyridine rings is 1. The van der Waals surface area contributed by atoms with Gasteiger partial charge in [0.1, 0.15) is 10.6 Å². The first-order valence-corrected chi connectivity index (χ1v) is 4.82. The molecule has 0 aromatic carbocycles. The van der Waals surface area contributed by atoms with Crippen molar-refractivity contribution in [2.24, 2.45) is 0 Å². The van der Waals surface area contributed by atoms with Gasteiger partial charge in [0.2, 0.25) is 0 Å². The highest BCUT2D eigenvalue weighted by Crippen LogP contribution is 2.10. The summed E-state index contributed by atoms with van der Waals surface area (Å²) in [5.74, 6) is -0.715. The molecule has 0 N–H and O–H groups in total. The number of halogens is 1. The maximum absolute atomic E-state index is 12.4. The summed E-state index contributed by atoms with van der Waals surface area (Å²) in [6.07, 6.45) is 0.752. The van der Waals surface area contributed by atoms with E-state index >= 15 is 0 Å². The number of nitrogens with zero attached hydrogens (tertiary/aromatic N) is 1. The third-order valence-corrected chi connectivity index (χ3v) is 2.22. The van der Waals surface area contributed by atoms with Crippen molar-refractivity contribution in [1.29, 1.82) is 0 Å². The van der Waals surface area contributed by atoms with Crippen molar-refractivity contribution in [3.8, 4) is 0 Å². The van der Waals surface area contributed by atoms with E-state index in [0.717, 1.165) is 25.4 Å². The van der Waals surface area contributed by atoms with Crippen molar-refractivity contribution in [2.45, 2.75) is 4.90 Å². The van der Waals surface area contributed by atoms with E-state index in [1.807, 2.05) is 0 Å². The molecule has 0 saturated carbocycles. The molecule has 0 spiro atoms. The Hall–Kier alpha value is -1.50. The molecule has 0 aliphatic rings. The molecule has 1 heterocycles. The number of aromatic nitrogens is 1. The van der Waals surface area contributed by atoms with Crippen molar-refractivity contribution in [3.63, 3.8) is 0 Å². The van der Waals surface area contributed by atoms with Crippen molar-refractivity contribution in [2.75, 3.05) is 7.11 Å². The fourth-order valence-electron chi connectivity index (χ4n) is 0.750. The number of ether oxygens (including phenoxy) is 1. The minimum absolute atomic E-state index is 0.0834. The minimum atomic E-state index is -4.77.